The summed E-state index contributed by atoms with van der Waals surface area (Å²) in [6.07, 6.45) is 2.94. The standard InChI is InChI=1S/C18H19N5O2S/c19-17(24)18(5-8-25-9-6-18)11-21-14-12-4-10-26-16(12)23-15(22-14)13-3-1-2-7-20-13/h1-4,7,10H,5-6,8-9,11H2,(H2,19,24)(H,21,22,23). The molecule has 0 unspecified atom stereocenters. The smallest absolute Gasteiger partial charge is 0.225 e. The third kappa shape index (κ3) is 3.13. The number of nitrogens with one attached hydrogen (secondary N) is 1. The second-order valence-corrected chi connectivity index (χ2v) is 7.26. The van der Waals surface area contributed by atoms with E-state index in [2.05, 4.69) is 20.3 Å². The van der Waals surface area contributed by atoms with Gasteiger partial charge in [-0.3, -0.25) is 9.78 Å². The fourth-order valence-corrected chi connectivity index (χ4v) is 3.89. The third-order valence-electron chi connectivity index (χ3n) is 4.79. The third-order valence-corrected chi connectivity index (χ3v) is 5.59. The number of primary amides is 1. The van der Waals surface area contributed by atoms with Crippen LogP contribution in [0.3, 0.4) is 0 Å². The lowest BCUT2D eigenvalue weighted by atomic mass is 9.79. The number of thiophene rings is 1. The van der Waals surface area contributed by atoms with E-state index in [-0.39, 0.29) is 5.91 Å². The van der Waals surface area contributed by atoms with Crippen molar-refractivity contribution in [3.63, 3.8) is 0 Å². The second-order valence-electron chi connectivity index (χ2n) is 6.36. The summed E-state index contributed by atoms with van der Waals surface area (Å²) in [5.74, 6) is 0.959. The van der Waals surface area contributed by atoms with Crippen LogP contribution in [0.4, 0.5) is 5.82 Å². The zero-order valence-electron chi connectivity index (χ0n) is 14.1. The number of ether oxygens (including phenoxy) is 1. The van der Waals surface area contributed by atoms with Crippen LogP contribution < -0.4 is 11.1 Å². The van der Waals surface area contributed by atoms with Gasteiger partial charge in [-0.25, -0.2) is 9.97 Å². The molecule has 1 fully saturated rings. The molecular weight excluding hydrogens is 350 g/mol. The molecule has 0 spiro atoms. The number of hydrogen-bond donors (Lipinski definition) is 2. The molecule has 3 N–H and O–H groups in total. The van der Waals surface area contributed by atoms with Crippen molar-refractivity contribution in [3.05, 3.63) is 35.8 Å². The van der Waals surface area contributed by atoms with Crippen LogP contribution in [0, 0.1) is 5.41 Å². The molecule has 4 rings (SSSR count). The molecule has 7 nitrogen and oxygen atoms in total. The summed E-state index contributed by atoms with van der Waals surface area (Å²) in [6.45, 7) is 1.51. The molecule has 1 aliphatic heterocycles. The van der Waals surface area contributed by atoms with Gasteiger partial charge in [0, 0.05) is 26.0 Å². The van der Waals surface area contributed by atoms with Gasteiger partial charge in [-0.15, -0.1) is 11.3 Å². The Morgan fingerprint density at radius 3 is 2.85 bits per heavy atom. The first kappa shape index (κ1) is 16.9. The van der Waals surface area contributed by atoms with Crippen LogP contribution in [-0.4, -0.2) is 40.6 Å². The first-order chi connectivity index (χ1) is 12.7. The van der Waals surface area contributed by atoms with Gasteiger partial charge >= 0.3 is 0 Å². The van der Waals surface area contributed by atoms with Crippen molar-refractivity contribution in [2.24, 2.45) is 11.1 Å². The Balaban J connectivity index is 1.67. The number of aromatic nitrogens is 3. The van der Waals surface area contributed by atoms with Gasteiger partial charge in [0.25, 0.3) is 0 Å². The molecule has 0 aromatic carbocycles. The summed E-state index contributed by atoms with van der Waals surface area (Å²) in [5.41, 5.74) is 5.80. The number of anilines is 1. The lowest BCUT2D eigenvalue weighted by molar-refractivity contribution is -0.132. The predicted molar refractivity (Wildman–Crippen MR) is 101 cm³/mol. The van der Waals surface area contributed by atoms with E-state index >= 15 is 0 Å². The van der Waals surface area contributed by atoms with E-state index in [1.807, 2.05) is 29.6 Å². The van der Waals surface area contributed by atoms with E-state index in [0.717, 1.165) is 10.2 Å². The zero-order valence-corrected chi connectivity index (χ0v) is 15.0. The number of hydrogen-bond acceptors (Lipinski definition) is 7. The van der Waals surface area contributed by atoms with Crippen molar-refractivity contribution in [3.8, 4) is 11.5 Å². The molecular formula is C18H19N5O2S. The topological polar surface area (TPSA) is 103 Å². The van der Waals surface area contributed by atoms with Crippen LogP contribution in [0.25, 0.3) is 21.7 Å². The minimum Gasteiger partial charge on any atom is -0.381 e. The van der Waals surface area contributed by atoms with Gasteiger partial charge in [-0.2, -0.15) is 0 Å². The maximum Gasteiger partial charge on any atom is 0.225 e. The number of rotatable bonds is 5. The van der Waals surface area contributed by atoms with Crippen molar-refractivity contribution < 1.29 is 9.53 Å². The van der Waals surface area contributed by atoms with E-state index in [9.17, 15) is 4.79 Å². The van der Waals surface area contributed by atoms with Crippen LogP contribution in [0.1, 0.15) is 12.8 Å². The average Bonchev–Trinajstić information content (AvgIpc) is 3.16. The maximum absolute atomic E-state index is 12.1. The van der Waals surface area contributed by atoms with E-state index in [0.29, 0.717) is 49.9 Å². The normalized spacial score (nSPS) is 16.5. The molecule has 1 saturated heterocycles. The Morgan fingerprint density at radius 1 is 1.27 bits per heavy atom. The van der Waals surface area contributed by atoms with Crippen molar-refractivity contribution in [1.82, 2.24) is 15.0 Å². The van der Waals surface area contributed by atoms with Crippen molar-refractivity contribution in [1.29, 1.82) is 0 Å². The minimum atomic E-state index is -0.614. The van der Waals surface area contributed by atoms with E-state index in [1.54, 1.807) is 17.5 Å². The molecule has 0 atom stereocenters. The van der Waals surface area contributed by atoms with Gasteiger partial charge in [-0.1, -0.05) is 6.07 Å². The number of nitrogens with two attached hydrogens (primary N) is 1. The Labute approximate surface area is 154 Å². The van der Waals surface area contributed by atoms with Gasteiger partial charge in [-0.05, 0) is 36.4 Å². The molecule has 134 valence electrons. The van der Waals surface area contributed by atoms with Crippen molar-refractivity contribution in [2.45, 2.75) is 12.8 Å². The summed E-state index contributed by atoms with van der Waals surface area (Å²) < 4.78 is 5.39. The Kier molecular flexibility index (Phi) is 4.52. The molecule has 3 aromatic rings. The number of nitrogens with zero attached hydrogens (tertiary/aromatic N) is 3. The summed E-state index contributed by atoms with van der Waals surface area (Å²) in [7, 11) is 0. The summed E-state index contributed by atoms with van der Waals surface area (Å²) >= 11 is 1.55. The number of carbonyl (C=O) groups excluding carboxylic acids is 1. The molecule has 26 heavy (non-hydrogen) atoms. The number of carbonyl (C=O) groups is 1. The van der Waals surface area contributed by atoms with Crippen LogP contribution in [0.15, 0.2) is 35.8 Å². The van der Waals surface area contributed by atoms with Gasteiger partial charge in [0.05, 0.1) is 10.8 Å². The highest BCUT2D eigenvalue weighted by Crippen LogP contribution is 2.33. The van der Waals surface area contributed by atoms with E-state index in [1.165, 1.54) is 0 Å². The fraction of sp³-hybridized carbons (Fsp3) is 0.333. The van der Waals surface area contributed by atoms with Gasteiger partial charge in [0.1, 0.15) is 16.3 Å². The molecule has 0 radical (unpaired) electrons. The molecule has 1 amide bonds. The van der Waals surface area contributed by atoms with Gasteiger partial charge < -0.3 is 15.8 Å². The first-order valence-corrected chi connectivity index (χ1v) is 9.34. The molecule has 3 aromatic heterocycles. The van der Waals surface area contributed by atoms with E-state index < -0.39 is 5.41 Å². The highest BCUT2D eigenvalue weighted by Gasteiger charge is 2.38. The Bertz CT molecular complexity index is 922. The van der Waals surface area contributed by atoms with Crippen LogP contribution in [0.2, 0.25) is 0 Å². The molecule has 8 heteroatoms. The van der Waals surface area contributed by atoms with Crippen molar-refractivity contribution >= 4 is 33.3 Å². The SMILES string of the molecule is NC(=O)C1(CNc2nc(-c3ccccn3)nc3sccc23)CCOCC1. The lowest BCUT2D eigenvalue weighted by Gasteiger charge is -2.34. The molecule has 1 aliphatic rings. The van der Waals surface area contributed by atoms with Crippen LogP contribution >= 0.6 is 11.3 Å². The number of amides is 1. The first-order valence-electron chi connectivity index (χ1n) is 8.46. The number of pyridine rings is 1. The molecule has 4 heterocycles. The minimum absolute atomic E-state index is 0.297. The van der Waals surface area contributed by atoms with Crippen LogP contribution in [0.5, 0.6) is 0 Å². The summed E-state index contributed by atoms with van der Waals surface area (Å²) in [4.78, 5) is 26.6. The summed E-state index contributed by atoms with van der Waals surface area (Å²) in [6, 6.07) is 7.61. The zero-order chi connectivity index (χ0) is 18.0. The second kappa shape index (κ2) is 6.97. The molecule has 0 saturated carbocycles. The van der Waals surface area contributed by atoms with Gasteiger partial charge in [0.2, 0.25) is 5.91 Å². The number of fused-ring (bicyclic) bond motifs is 1. The highest BCUT2D eigenvalue weighted by atomic mass is 32.1. The monoisotopic (exact) mass is 369 g/mol. The average molecular weight is 369 g/mol. The quantitative estimate of drug-likeness (QED) is 0.716. The van der Waals surface area contributed by atoms with E-state index in [4.69, 9.17) is 10.5 Å². The summed E-state index contributed by atoms with van der Waals surface area (Å²) in [5, 5.41) is 6.26. The molecule has 0 bridgehead atoms. The Morgan fingerprint density at radius 2 is 2.12 bits per heavy atom. The predicted octanol–water partition coefficient (Wildman–Crippen LogP) is 2.45. The van der Waals surface area contributed by atoms with Gasteiger partial charge in [0.15, 0.2) is 5.82 Å². The van der Waals surface area contributed by atoms with Crippen LogP contribution in [-0.2, 0) is 9.53 Å². The largest absolute Gasteiger partial charge is 0.381 e. The lowest BCUT2D eigenvalue weighted by Crippen LogP contribution is -2.46. The highest BCUT2D eigenvalue weighted by molar-refractivity contribution is 7.16. The van der Waals surface area contributed by atoms with Crippen molar-refractivity contribution in [2.75, 3.05) is 25.1 Å². The maximum atomic E-state index is 12.1. The Hall–Kier alpha value is -2.58. The fourth-order valence-electron chi connectivity index (χ4n) is 3.13. The molecule has 0 aliphatic carbocycles.